The van der Waals surface area contributed by atoms with Gasteiger partial charge in [-0.1, -0.05) is 45.4 Å². The van der Waals surface area contributed by atoms with Gasteiger partial charge in [-0.2, -0.15) is 0 Å². The molecule has 20 heavy (non-hydrogen) atoms. The van der Waals surface area contributed by atoms with Crippen LogP contribution in [0.25, 0.3) is 0 Å². The van der Waals surface area contributed by atoms with E-state index in [-0.39, 0.29) is 23.0 Å². The molecule has 1 rings (SSSR count). The molecular formula is C15H27BrN2O2. The van der Waals surface area contributed by atoms with E-state index in [4.69, 9.17) is 4.74 Å². The number of quaternary nitrogens is 1. The zero-order valence-electron chi connectivity index (χ0n) is 12.7. The predicted molar refractivity (Wildman–Crippen MR) is 77.4 cm³/mol. The number of carbonyl (C=O) groups excluding carboxylic acids is 1. The van der Waals surface area contributed by atoms with Gasteiger partial charge in [0, 0.05) is 6.42 Å². The van der Waals surface area contributed by atoms with Crippen molar-refractivity contribution >= 4 is 12.3 Å². The van der Waals surface area contributed by atoms with Gasteiger partial charge in [-0.05, 0) is 6.42 Å². The zero-order chi connectivity index (χ0) is 14.0. The average molecular weight is 347 g/mol. The summed E-state index contributed by atoms with van der Waals surface area (Å²) in [7, 11) is 1.95. The summed E-state index contributed by atoms with van der Waals surface area (Å²) < 4.78 is 5.71. The van der Waals surface area contributed by atoms with Crippen LogP contribution in [0.3, 0.4) is 0 Å². The second-order valence-corrected chi connectivity index (χ2v) is 5.43. The first-order valence-electron chi connectivity index (χ1n) is 7.39. The number of halogens is 1. The lowest BCUT2D eigenvalue weighted by molar-refractivity contribution is -0.778. The molecule has 0 saturated heterocycles. The van der Waals surface area contributed by atoms with Crippen molar-refractivity contribution < 1.29 is 31.0 Å². The summed E-state index contributed by atoms with van der Waals surface area (Å²) in [4.78, 5) is 15.6. The molecule has 5 heteroatoms. The Hall–Kier alpha value is -0.680. The van der Waals surface area contributed by atoms with Gasteiger partial charge in [0.25, 0.3) is 0 Å². The van der Waals surface area contributed by atoms with Gasteiger partial charge in [-0.15, -0.1) is 0 Å². The second kappa shape index (κ2) is 11.0. The Morgan fingerprint density at radius 2 is 1.80 bits per heavy atom. The highest BCUT2D eigenvalue weighted by Gasteiger charge is 2.21. The maximum Gasteiger partial charge on any atom is 0.310 e. The molecule has 0 aromatic rings. The van der Waals surface area contributed by atoms with E-state index in [0.717, 1.165) is 12.8 Å². The lowest BCUT2D eigenvalue weighted by Crippen LogP contribution is -3.00. The first-order valence-corrected chi connectivity index (χ1v) is 7.39. The van der Waals surface area contributed by atoms with Gasteiger partial charge < -0.3 is 21.7 Å². The lowest BCUT2D eigenvalue weighted by atomic mass is 10.1. The molecule has 1 unspecified atom stereocenters. The first kappa shape index (κ1) is 19.3. The lowest BCUT2D eigenvalue weighted by Gasteiger charge is -2.20. The normalized spacial score (nSPS) is 19.9. The van der Waals surface area contributed by atoms with Crippen molar-refractivity contribution in [2.75, 3.05) is 13.8 Å². The third-order valence-electron chi connectivity index (χ3n) is 3.31. The molecular weight excluding hydrogens is 320 g/mol. The number of aliphatic imine (C=N–C) groups is 1. The Balaban J connectivity index is 0.00000361. The summed E-state index contributed by atoms with van der Waals surface area (Å²) in [6.45, 7) is 2.56. The van der Waals surface area contributed by atoms with Crippen LogP contribution in [0.5, 0.6) is 0 Å². The number of nitrogens with zero attached hydrogens (tertiary/aromatic N) is 2. The Morgan fingerprint density at radius 1 is 1.15 bits per heavy atom. The minimum absolute atomic E-state index is 0. The number of hydrogen-bond donors (Lipinski definition) is 0. The van der Waals surface area contributed by atoms with Crippen LogP contribution in [0, 0.1) is 0 Å². The largest absolute Gasteiger partial charge is 1.00 e. The molecule has 4 nitrogen and oxygen atoms in total. The van der Waals surface area contributed by atoms with Crippen molar-refractivity contribution in [3.05, 3.63) is 12.4 Å². The molecule has 1 atom stereocenters. The fourth-order valence-electron chi connectivity index (χ4n) is 2.01. The maximum atomic E-state index is 11.6. The van der Waals surface area contributed by atoms with Crippen molar-refractivity contribution in [1.82, 2.24) is 0 Å². The van der Waals surface area contributed by atoms with Gasteiger partial charge in [0.05, 0.1) is 13.2 Å². The monoisotopic (exact) mass is 346 g/mol. The molecule has 1 aliphatic rings. The number of unbranched alkanes of at least 4 members (excludes halogenated alkanes) is 6. The molecule has 0 saturated carbocycles. The van der Waals surface area contributed by atoms with E-state index >= 15 is 0 Å². The Labute approximate surface area is 133 Å². The minimum Gasteiger partial charge on any atom is -1.00 e. The molecule has 0 amide bonds. The molecule has 0 aromatic carbocycles. The fraction of sp³-hybridized carbons (Fsp3) is 0.733. The molecule has 0 bridgehead atoms. The number of carbonyl (C=O) groups is 1. The minimum atomic E-state index is -0.0957. The van der Waals surface area contributed by atoms with Crippen molar-refractivity contribution in [2.24, 2.45) is 4.99 Å². The third-order valence-corrected chi connectivity index (χ3v) is 3.31. The van der Waals surface area contributed by atoms with E-state index in [1.165, 1.54) is 32.1 Å². The van der Waals surface area contributed by atoms with Crippen LogP contribution in [-0.2, 0) is 9.53 Å². The molecule has 0 radical (unpaired) electrons. The second-order valence-electron chi connectivity index (χ2n) is 5.43. The standard InChI is InChI=1S/C15H27N2O2.BrH/c1-3-4-5-6-7-8-9-10-15(18)19-14-17(2)12-11-16-13-17;/h11-13H,3-10,14H2,1-2H3;1H/q+1;/p-1. The van der Waals surface area contributed by atoms with Crippen molar-refractivity contribution in [2.45, 2.75) is 58.3 Å². The van der Waals surface area contributed by atoms with Crippen LogP contribution in [0.4, 0.5) is 0 Å². The van der Waals surface area contributed by atoms with E-state index in [9.17, 15) is 4.79 Å². The van der Waals surface area contributed by atoms with E-state index < -0.39 is 0 Å². The summed E-state index contributed by atoms with van der Waals surface area (Å²) in [6, 6.07) is 0. The van der Waals surface area contributed by atoms with Gasteiger partial charge in [-0.25, -0.2) is 9.48 Å². The topological polar surface area (TPSA) is 38.7 Å². The molecule has 0 aromatic heterocycles. The Morgan fingerprint density at radius 3 is 2.40 bits per heavy atom. The van der Waals surface area contributed by atoms with E-state index in [1.807, 2.05) is 13.2 Å². The smallest absolute Gasteiger partial charge is 0.310 e. The SMILES string of the molecule is CCCCCCCCCC(=O)OC[N+]1(C)C=CN=C1.[Br-]. The molecule has 1 aliphatic heterocycles. The van der Waals surface area contributed by atoms with Gasteiger partial charge in [0.1, 0.15) is 6.20 Å². The Bertz CT molecular complexity index is 318. The average Bonchev–Trinajstić information content (AvgIpc) is 2.83. The number of rotatable bonds is 10. The first-order chi connectivity index (χ1) is 9.16. The highest BCUT2D eigenvalue weighted by Crippen LogP contribution is 2.10. The highest BCUT2D eigenvalue weighted by atomic mass is 79.9. The predicted octanol–water partition coefficient (Wildman–Crippen LogP) is 0.592. The number of esters is 1. The van der Waals surface area contributed by atoms with Crippen LogP contribution < -0.4 is 17.0 Å². The molecule has 116 valence electrons. The van der Waals surface area contributed by atoms with Gasteiger partial charge in [-0.3, -0.25) is 4.79 Å². The molecule has 0 fully saturated rings. The van der Waals surface area contributed by atoms with Crippen LogP contribution in [0.2, 0.25) is 0 Å². The summed E-state index contributed by atoms with van der Waals surface area (Å²) in [5.41, 5.74) is 0. The van der Waals surface area contributed by atoms with Gasteiger partial charge >= 0.3 is 5.97 Å². The molecule has 0 spiro atoms. The molecule has 0 aliphatic carbocycles. The highest BCUT2D eigenvalue weighted by molar-refractivity contribution is 5.69. The molecule has 0 N–H and O–H groups in total. The van der Waals surface area contributed by atoms with Gasteiger partial charge in [0.15, 0.2) is 6.34 Å². The number of hydrogen-bond acceptors (Lipinski definition) is 3. The fourth-order valence-corrected chi connectivity index (χ4v) is 2.01. The third kappa shape index (κ3) is 8.48. The summed E-state index contributed by atoms with van der Waals surface area (Å²) in [6.07, 6.45) is 14.5. The van der Waals surface area contributed by atoms with Crippen molar-refractivity contribution in [3.63, 3.8) is 0 Å². The summed E-state index contributed by atoms with van der Waals surface area (Å²) in [5.74, 6) is -0.0957. The number of ether oxygens (including phenoxy) is 1. The van der Waals surface area contributed by atoms with Crippen molar-refractivity contribution in [3.8, 4) is 0 Å². The van der Waals surface area contributed by atoms with Crippen LogP contribution in [-0.4, -0.2) is 30.6 Å². The van der Waals surface area contributed by atoms with E-state index in [1.54, 1.807) is 12.5 Å². The van der Waals surface area contributed by atoms with Gasteiger partial charge in [0.2, 0.25) is 6.73 Å². The van der Waals surface area contributed by atoms with Crippen LogP contribution in [0.1, 0.15) is 58.3 Å². The quantitative estimate of drug-likeness (QED) is 0.330. The Kier molecular flexibility index (Phi) is 10.7. The van der Waals surface area contributed by atoms with Crippen LogP contribution >= 0.6 is 0 Å². The zero-order valence-corrected chi connectivity index (χ0v) is 14.3. The maximum absolute atomic E-state index is 11.6. The van der Waals surface area contributed by atoms with Crippen LogP contribution in [0.15, 0.2) is 17.4 Å². The molecule has 1 heterocycles. The van der Waals surface area contributed by atoms with Crippen molar-refractivity contribution in [1.29, 1.82) is 0 Å². The summed E-state index contributed by atoms with van der Waals surface area (Å²) >= 11 is 0. The summed E-state index contributed by atoms with van der Waals surface area (Å²) in [5, 5.41) is 0. The van der Waals surface area contributed by atoms with E-state index in [2.05, 4.69) is 11.9 Å². The van der Waals surface area contributed by atoms with E-state index in [0.29, 0.717) is 17.6 Å².